The third-order valence-electron chi connectivity index (χ3n) is 2.06. The zero-order chi connectivity index (χ0) is 9.61. The summed E-state index contributed by atoms with van der Waals surface area (Å²) in [6, 6.07) is 0. The van der Waals surface area contributed by atoms with Crippen molar-refractivity contribution in [3.63, 3.8) is 0 Å². The van der Waals surface area contributed by atoms with Gasteiger partial charge in [-0.1, -0.05) is 13.8 Å². The maximum Gasteiger partial charge on any atom is 0.314 e. The minimum Gasteiger partial charge on any atom is -0.465 e. The summed E-state index contributed by atoms with van der Waals surface area (Å²) in [5, 5.41) is 8.95. The first-order valence-electron chi connectivity index (χ1n) is 4.38. The van der Waals surface area contributed by atoms with Gasteiger partial charge in [-0.15, -0.1) is 0 Å². The highest BCUT2D eigenvalue weighted by Gasteiger charge is 2.31. The maximum atomic E-state index is 11.3. The van der Waals surface area contributed by atoms with E-state index in [9.17, 15) is 4.79 Å². The van der Waals surface area contributed by atoms with Crippen LogP contribution in [0.3, 0.4) is 0 Å². The number of esters is 1. The summed E-state index contributed by atoms with van der Waals surface area (Å²) in [6.07, 6.45) is 1.42. The standard InChI is InChI=1S/C9H18O3/c1-4-6-12-8(11)9(3,5-2)7-10/h10H,4-7H2,1-3H3. The van der Waals surface area contributed by atoms with Crippen molar-refractivity contribution in [2.75, 3.05) is 13.2 Å². The molecule has 0 aromatic heterocycles. The topological polar surface area (TPSA) is 46.5 Å². The second-order valence-corrected chi connectivity index (χ2v) is 3.21. The Balaban J connectivity index is 4.03. The summed E-state index contributed by atoms with van der Waals surface area (Å²) in [5.41, 5.74) is -0.713. The van der Waals surface area contributed by atoms with Crippen molar-refractivity contribution in [2.24, 2.45) is 5.41 Å². The molecule has 0 spiro atoms. The Labute approximate surface area is 73.7 Å². The molecule has 0 aliphatic rings. The van der Waals surface area contributed by atoms with Crippen LogP contribution in [-0.2, 0) is 9.53 Å². The number of aliphatic hydroxyl groups excluding tert-OH is 1. The van der Waals surface area contributed by atoms with E-state index in [0.29, 0.717) is 13.0 Å². The number of carbonyl (C=O) groups excluding carboxylic acids is 1. The van der Waals surface area contributed by atoms with E-state index in [0.717, 1.165) is 6.42 Å². The van der Waals surface area contributed by atoms with Gasteiger partial charge in [0.05, 0.1) is 18.6 Å². The molecule has 0 aliphatic carbocycles. The zero-order valence-corrected chi connectivity index (χ0v) is 8.09. The van der Waals surface area contributed by atoms with Crippen molar-refractivity contribution in [1.29, 1.82) is 0 Å². The SMILES string of the molecule is CCCOC(=O)C(C)(CC)CO. The molecule has 0 saturated carbocycles. The lowest BCUT2D eigenvalue weighted by Gasteiger charge is -2.22. The molecule has 0 aromatic rings. The van der Waals surface area contributed by atoms with E-state index in [-0.39, 0.29) is 12.6 Å². The molecule has 0 bridgehead atoms. The first-order chi connectivity index (χ1) is 5.60. The van der Waals surface area contributed by atoms with Crippen LogP contribution in [0.5, 0.6) is 0 Å². The van der Waals surface area contributed by atoms with E-state index in [1.165, 1.54) is 0 Å². The van der Waals surface area contributed by atoms with Crippen LogP contribution in [0.4, 0.5) is 0 Å². The highest BCUT2D eigenvalue weighted by atomic mass is 16.5. The van der Waals surface area contributed by atoms with Gasteiger partial charge in [0.15, 0.2) is 0 Å². The number of rotatable bonds is 5. The number of aliphatic hydroxyl groups is 1. The molecule has 1 atom stereocenters. The summed E-state index contributed by atoms with van der Waals surface area (Å²) in [7, 11) is 0. The summed E-state index contributed by atoms with van der Waals surface area (Å²) in [5.74, 6) is -0.297. The molecule has 0 aliphatic heterocycles. The molecule has 1 N–H and O–H groups in total. The van der Waals surface area contributed by atoms with Crippen LogP contribution in [0.1, 0.15) is 33.6 Å². The zero-order valence-electron chi connectivity index (χ0n) is 8.09. The van der Waals surface area contributed by atoms with E-state index in [4.69, 9.17) is 9.84 Å². The van der Waals surface area contributed by atoms with Crippen LogP contribution in [-0.4, -0.2) is 24.3 Å². The molecule has 0 rings (SSSR count). The normalized spacial score (nSPS) is 15.3. The Morgan fingerprint density at radius 2 is 2.08 bits per heavy atom. The van der Waals surface area contributed by atoms with E-state index in [1.807, 2.05) is 13.8 Å². The molecule has 0 saturated heterocycles. The van der Waals surface area contributed by atoms with E-state index < -0.39 is 5.41 Å². The number of hydrogen-bond donors (Lipinski definition) is 1. The van der Waals surface area contributed by atoms with Gasteiger partial charge in [-0.05, 0) is 19.8 Å². The third kappa shape index (κ3) is 2.81. The lowest BCUT2D eigenvalue weighted by Crippen LogP contribution is -2.33. The van der Waals surface area contributed by atoms with Crippen LogP contribution in [0.15, 0.2) is 0 Å². The molecular weight excluding hydrogens is 156 g/mol. The monoisotopic (exact) mass is 174 g/mol. The fourth-order valence-electron chi connectivity index (χ4n) is 0.690. The van der Waals surface area contributed by atoms with Crippen molar-refractivity contribution in [2.45, 2.75) is 33.6 Å². The Bertz CT molecular complexity index is 139. The molecule has 0 fully saturated rings. The lowest BCUT2D eigenvalue weighted by atomic mass is 9.89. The van der Waals surface area contributed by atoms with Gasteiger partial charge in [0, 0.05) is 0 Å². The summed E-state index contributed by atoms with van der Waals surface area (Å²) in [4.78, 5) is 11.3. The van der Waals surface area contributed by atoms with Crippen LogP contribution in [0.25, 0.3) is 0 Å². The highest BCUT2D eigenvalue weighted by molar-refractivity contribution is 5.76. The molecule has 0 radical (unpaired) electrons. The fraction of sp³-hybridized carbons (Fsp3) is 0.889. The molecule has 12 heavy (non-hydrogen) atoms. The summed E-state index contributed by atoms with van der Waals surface area (Å²) < 4.78 is 4.94. The second-order valence-electron chi connectivity index (χ2n) is 3.21. The largest absolute Gasteiger partial charge is 0.465 e. The molecule has 0 heterocycles. The highest BCUT2D eigenvalue weighted by Crippen LogP contribution is 2.21. The minimum absolute atomic E-state index is 0.147. The number of ether oxygens (including phenoxy) is 1. The molecule has 1 unspecified atom stereocenters. The Kier molecular flexibility index (Phi) is 4.90. The van der Waals surface area contributed by atoms with Crippen molar-refractivity contribution in [3.8, 4) is 0 Å². The van der Waals surface area contributed by atoms with Gasteiger partial charge in [0.1, 0.15) is 0 Å². The quantitative estimate of drug-likeness (QED) is 0.640. The van der Waals surface area contributed by atoms with Crippen LogP contribution < -0.4 is 0 Å². The molecule has 0 amide bonds. The first-order valence-corrected chi connectivity index (χ1v) is 4.38. The van der Waals surface area contributed by atoms with E-state index in [1.54, 1.807) is 6.92 Å². The number of carbonyl (C=O) groups is 1. The molecule has 3 heteroatoms. The van der Waals surface area contributed by atoms with Crippen molar-refractivity contribution in [1.82, 2.24) is 0 Å². The molecule has 72 valence electrons. The Morgan fingerprint density at radius 3 is 2.42 bits per heavy atom. The van der Waals surface area contributed by atoms with E-state index >= 15 is 0 Å². The minimum atomic E-state index is -0.713. The lowest BCUT2D eigenvalue weighted by molar-refractivity contribution is -0.157. The van der Waals surface area contributed by atoms with Crippen LogP contribution >= 0.6 is 0 Å². The predicted molar refractivity (Wildman–Crippen MR) is 46.7 cm³/mol. The fourth-order valence-corrected chi connectivity index (χ4v) is 0.690. The second kappa shape index (κ2) is 5.14. The first kappa shape index (κ1) is 11.4. The van der Waals surface area contributed by atoms with Crippen molar-refractivity contribution in [3.05, 3.63) is 0 Å². The Morgan fingerprint density at radius 1 is 1.50 bits per heavy atom. The van der Waals surface area contributed by atoms with Gasteiger partial charge in [0.25, 0.3) is 0 Å². The van der Waals surface area contributed by atoms with Crippen molar-refractivity contribution < 1.29 is 14.6 Å². The number of hydrogen-bond acceptors (Lipinski definition) is 3. The molecule has 0 aromatic carbocycles. The maximum absolute atomic E-state index is 11.3. The van der Waals surface area contributed by atoms with Crippen LogP contribution in [0, 0.1) is 5.41 Å². The van der Waals surface area contributed by atoms with Gasteiger partial charge in [-0.2, -0.15) is 0 Å². The van der Waals surface area contributed by atoms with Gasteiger partial charge in [-0.3, -0.25) is 4.79 Å². The third-order valence-corrected chi connectivity index (χ3v) is 2.06. The Hall–Kier alpha value is -0.570. The van der Waals surface area contributed by atoms with E-state index in [2.05, 4.69) is 0 Å². The average Bonchev–Trinajstić information content (AvgIpc) is 2.12. The van der Waals surface area contributed by atoms with Gasteiger partial charge in [-0.25, -0.2) is 0 Å². The van der Waals surface area contributed by atoms with Gasteiger partial charge < -0.3 is 9.84 Å². The van der Waals surface area contributed by atoms with Gasteiger partial charge in [0.2, 0.25) is 0 Å². The molecule has 3 nitrogen and oxygen atoms in total. The average molecular weight is 174 g/mol. The smallest absolute Gasteiger partial charge is 0.314 e. The van der Waals surface area contributed by atoms with Crippen LogP contribution in [0.2, 0.25) is 0 Å². The summed E-state index contributed by atoms with van der Waals surface area (Å²) in [6.45, 7) is 5.81. The summed E-state index contributed by atoms with van der Waals surface area (Å²) >= 11 is 0. The van der Waals surface area contributed by atoms with Crippen molar-refractivity contribution >= 4 is 5.97 Å². The van der Waals surface area contributed by atoms with Gasteiger partial charge >= 0.3 is 5.97 Å². The predicted octanol–water partition coefficient (Wildman–Crippen LogP) is 1.35. The molecular formula is C9H18O3.